The van der Waals surface area contributed by atoms with Gasteiger partial charge in [-0.25, -0.2) is 0 Å². The van der Waals surface area contributed by atoms with Gasteiger partial charge in [0, 0.05) is 36.9 Å². The number of carbonyl (C=O) groups is 2. The van der Waals surface area contributed by atoms with Crippen LogP contribution in [0.4, 0.5) is 11.4 Å². The molecule has 5 nitrogen and oxygen atoms in total. The van der Waals surface area contributed by atoms with Gasteiger partial charge >= 0.3 is 0 Å². The van der Waals surface area contributed by atoms with Crippen LogP contribution in [0.15, 0.2) is 42.5 Å². The molecule has 2 aromatic rings. The molecule has 0 radical (unpaired) electrons. The molecule has 0 saturated carbocycles. The second-order valence-corrected chi connectivity index (χ2v) is 6.79. The van der Waals surface area contributed by atoms with E-state index in [9.17, 15) is 9.59 Å². The first-order valence-corrected chi connectivity index (χ1v) is 8.82. The van der Waals surface area contributed by atoms with Gasteiger partial charge in [-0.15, -0.1) is 0 Å². The molecule has 0 unspecified atom stereocenters. The van der Waals surface area contributed by atoms with Crippen LogP contribution in [0.2, 0.25) is 5.02 Å². The van der Waals surface area contributed by atoms with E-state index in [-0.39, 0.29) is 18.4 Å². The SMILES string of the molecule is Cc1ccc(Cl)cc1NC(=O)CNc1cccc(CCC(=O)N(C)C)c1. The van der Waals surface area contributed by atoms with E-state index in [0.717, 1.165) is 16.8 Å². The summed E-state index contributed by atoms with van der Waals surface area (Å²) in [5, 5.41) is 6.54. The van der Waals surface area contributed by atoms with Gasteiger partial charge in [-0.1, -0.05) is 29.8 Å². The zero-order valence-corrected chi connectivity index (χ0v) is 16.1. The van der Waals surface area contributed by atoms with Gasteiger partial charge in [0.25, 0.3) is 0 Å². The van der Waals surface area contributed by atoms with Gasteiger partial charge in [-0.05, 0) is 48.7 Å². The Morgan fingerprint density at radius 1 is 1.12 bits per heavy atom. The first-order chi connectivity index (χ1) is 12.3. The van der Waals surface area contributed by atoms with Crippen LogP contribution in [0.1, 0.15) is 17.5 Å². The van der Waals surface area contributed by atoms with E-state index in [0.29, 0.717) is 23.6 Å². The molecular weight excluding hydrogens is 350 g/mol. The molecule has 2 amide bonds. The second kappa shape index (κ2) is 9.25. The van der Waals surface area contributed by atoms with Crippen LogP contribution in [-0.4, -0.2) is 37.4 Å². The third-order valence-corrected chi connectivity index (χ3v) is 4.22. The van der Waals surface area contributed by atoms with E-state index in [1.807, 2.05) is 37.3 Å². The summed E-state index contributed by atoms with van der Waals surface area (Å²) in [6.07, 6.45) is 1.13. The first kappa shape index (κ1) is 19.8. The fourth-order valence-electron chi connectivity index (χ4n) is 2.42. The summed E-state index contributed by atoms with van der Waals surface area (Å²) in [5.74, 6) is -0.0526. The van der Waals surface area contributed by atoms with Crippen LogP contribution in [0.3, 0.4) is 0 Å². The van der Waals surface area contributed by atoms with Crippen LogP contribution in [0, 0.1) is 6.92 Å². The highest BCUT2D eigenvalue weighted by Gasteiger charge is 2.07. The van der Waals surface area contributed by atoms with E-state index >= 15 is 0 Å². The minimum Gasteiger partial charge on any atom is -0.376 e. The molecule has 0 fully saturated rings. The number of benzene rings is 2. The molecule has 0 aliphatic heterocycles. The normalized spacial score (nSPS) is 10.3. The van der Waals surface area contributed by atoms with Crippen molar-refractivity contribution < 1.29 is 9.59 Å². The van der Waals surface area contributed by atoms with Crippen molar-refractivity contribution in [3.8, 4) is 0 Å². The van der Waals surface area contributed by atoms with E-state index in [4.69, 9.17) is 11.6 Å². The highest BCUT2D eigenvalue weighted by Crippen LogP contribution is 2.20. The van der Waals surface area contributed by atoms with Crippen LogP contribution in [-0.2, 0) is 16.0 Å². The number of nitrogens with one attached hydrogen (secondary N) is 2. The maximum Gasteiger partial charge on any atom is 0.243 e. The fourth-order valence-corrected chi connectivity index (χ4v) is 2.59. The highest BCUT2D eigenvalue weighted by molar-refractivity contribution is 6.31. The van der Waals surface area contributed by atoms with Gasteiger partial charge in [0.2, 0.25) is 11.8 Å². The first-order valence-electron chi connectivity index (χ1n) is 8.44. The number of nitrogens with zero attached hydrogens (tertiary/aromatic N) is 1. The topological polar surface area (TPSA) is 61.4 Å². The summed E-state index contributed by atoms with van der Waals surface area (Å²) in [5.41, 5.74) is 3.56. The smallest absolute Gasteiger partial charge is 0.243 e. The largest absolute Gasteiger partial charge is 0.376 e. The number of carbonyl (C=O) groups excluding carboxylic acids is 2. The Bertz CT molecular complexity index is 790. The molecule has 2 aromatic carbocycles. The molecule has 6 heteroatoms. The Balaban J connectivity index is 1.88. The lowest BCUT2D eigenvalue weighted by molar-refractivity contribution is -0.128. The van der Waals surface area contributed by atoms with Gasteiger partial charge in [-0.3, -0.25) is 9.59 Å². The number of hydrogen-bond acceptors (Lipinski definition) is 3. The zero-order valence-electron chi connectivity index (χ0n) is 15.3. The Labute approximate surface area is 159 Å². The summed E-state index contributed by atoms with van der Waals surface area (Å²) in [4.78, 5) is 25.4. The predicted molar refractivity (Wildman–Crippen MR) is 107 cm³/mol. The van der Waals surface area contributed by atoms with Crippen LogP contribution < -0.4 is 10.6 Å². The molecule has 2 N–H and O–H groups in total. The summed E-state index contributed by atoms with van der Waals surface area (Å²) >= 11 is 5.97. The van der Waals surface area contributed by atoms with E-state index in [1.54, 1.807) is 31.1 Å². The summed E-state index contributed by atoms with van der Waals surface area (Å²) in [7, 11) is 3.50. The van der Waals surface area contributed by atoms with Gasteiger partial charge in [0.15, 0.2) is 0 Å². The summed E-state index contributed by atoms with van der Waals surface area (Å²) in [6.45, 7) is 2.06. The maximum absolute atomic E-state index is 12.2. The number of aryl methyl sites for hydroxylation is 2. The quantitative estimate of drug-likeness (QED) is 0.777. The van der Waals surface area contributed by atoms with Crippen LogP contribution in [0.5, 0.6) is 0 Å². The van der Waals surface area contributed by atoms with Crippen molar-refractivity contribution in [2.45, 2.75) is 19.8 Å². The zero-order chi connectivity index (χ0) is 19.1. The van der Waals surface area contributed by atoms with Crippen molar-refractivity contribution in [3.05, 3.63) is 58.6 Å². The molecule has 0 spiro atoms. The van der Waals surface area contributed by atoms with Crippen molar-refractivity contribution in [2.75, 3.05) is 31.3 Å². The predicted octanol–water partition coefficient (Wildman–Crippen LogP) is 3.72. The Morgan fingerprint density at radius 2 is 1.88 bits per heavy atom. The van der Waals surface area contributed by atoms with Gasteiger partial charge in [0.1, 0.15) is 0 Å². The third-order valence-electron chi connectivity index (χ3n) is 3.98. The molecule has 0 bridgehead atoms. The second-order valence-electron chi connectivity index (χ2n) is 6.35. The van der Waals surface area contributed by atoms with E-state index in [2.05, 4.69) is 10.6 Å². The molecule has 0 aliphatic rings. The molecule has 2 rings (SSSR count). The Kier molecular flexibility index (Phi) is 7.04. The lowest BCUT2D eigenvalue weighted by atomic mass is 10.1. The average molecular weight is 374 g/mol. The highest BCUT2D eigenvalue weighted by atomic mass is 35.5. The Hall–Kier alpha value is -2.53. The number of halogens is 1. The van der Waals surface area contributed by atoms with Gasteiger partial charge in [0.05, 0.1) is 6.54 Å². The van der Waals surface area contributed by atoms with E-state index < -0.39 is 0 Å². The van der Waals surface area contributed by atoms with Crippen molar-refractivity contribution in [2.24, 2.45) is 0 Å². The number of rotatable bonds is 7. The van der Waals surface area contributed by atoms with Crippen LogP contribution in [0.25, 0.3) is 0 Å². The third kappa shape index (κ3) is 6.08. The van der Waals surface area contributed by atoms with Crippen molar-refractivity contribution in [3.63, 3.8) is 0 Å². The minimum absolute atomic E-state index is 0.0969. The standard InChI is InChI=1S/C20H24ClN3O2/c1-14-7-9-16(21)12-18(14)23-19(25)13-22-17-6-4-5-15(11-17)8-10-20(26)24(2)3/h4-7,9,11-12,22H,8,10,13H2,1-3H3,(H,23,25). The van der Waals surface area contributed by atoms with Crippen LogP contribution >= 0.6 is 11.6 Å². The molecule has 0 aromatic heterocycles. The van der Waals surface area contributed by atoms with Gasteiger partial charge in [-0.2, -0.15) is 0 Å². The molecule has 26 heavy (non-hydrogen) atoms. The van der Waals surface area contributed by atoms with Crippen molar-refractivity contribution in [1.82, 2.24) is 4.90 Å². The lowest BCUT2D eigenvalue weighted by Gasteiger charge is -2.12. The molecule has 0 heterocycles. The number of hydrogen-bond donors (Lipinski definition) is 2. The van der Waals surface area contributed by atoms with Crippen molar-refractivity contribution in [1.29, 1.82) is 0 Å². The molecular formula is C20H24ClN3O2. The number of amides is 2. The number of anilines is 2. The van der Waals surface area contributed by atoms with Gasteiger partial charge < -0.3 is 15.5 Å². The fraction of sp³-hybridized carbons (Fsp3) is 0.300. The molecule has 0 atom stereocenters. The van der Waals surface area contributed by atoms with Crippen molar-refractivity contribution >= 4 is 34.8 Å². The monoisotopic (exact) mass is 373 g/mol. The minimum atomic E-state index is -0.149. The molecule has 0 aliphatic carbocycles. The average Bonchev–Trinajstić information content (AvgIpc) is 2.61. The summed E-state index contributed by atoms with van der Waals surface area (Å²) in [6, 6.07) is 13.1. The maximum atomic E-state index is 12.2. The molecule has 138 valence electrons. The Morgan fingerprint density at radius 3 is 2.62 bits per heavy atom. The lowest BCUT2D eigenvalue weighted by Crippen LogP contribution is -2.22. The van der Waals surface area contributed by atoms with E-state index in [1.165, 1.54) is 0 Å². The summed E-state index contributed by atoms with van der Waals surface area (Å²) < 4.78 is 0. The molecule has 0 saturated heterocycles.